The summed E-state index contributed by atoms with van der Waals surface area (Å²) in [5.41, 5.74) is 1.62. The van der Waals surface area contributed by atoms with Gasteiger partial charge in [0, 0.05) is 26.2 Å². The van der Waals surface area contributed by atoms with Crippen molar-refractivity contribution in [2.45, 2.75) is 51.1 Å². The molecule has 0 radical (unpaired) electrons. The van der Waals surface area contributed by atoms with Gasteiger partial charge in [0.25, 0.3) is 0 Å². The van der Waals surface area contributed by atoms with Crippen molar-refractivity contribution in [1.82, 2.24) is 5.32 Å². The molecule has 0 atom stereocenters. The molecule has 0 amide bonds. The number of halogens is 1. The zero-order valence-corrected chi connectivity index (χ0v) is 13.1. The van der Waals surface area contributed by atoms with E-state index in [0.717, 1.165) is 18.4 Å². The fraction of sp³-hybridized carbons (Fsp3) is 0.588. The van der Waals surface area contributed by atoms with E-state index in [2.05, 4.69) is 10.2 Å². The highest BCUT2D eigenvalue weighted by molar-refractivity contribution is 5.66. The number of carboxylic acids is 1. The summed E-state index contributed by atoms with van der Waals surface area (Å²) in [7, 11) is 1.97. The third-order valence-electron chi connectivity index (χ3n) is 4.36. The van der Waals surface area contributed by atoms with Crippen LogP contribution in [0, 0.1) is 5.82 Å². The number of hydrogen-bond acceptors (Lipinski definition) is 3. The van der Waals surface area contributed by atoms with E-state index in [4.69, 9.17) is 5.11 Å². The molecule has 22 heavy (non-hydrogen) atoms. The molecule has 1 aromatic carbocycles. The second-order valence-electron chi connectivity index (χ2n) is 6.01. The average Bonchev–Trinajstić information content (AvgIpc) is 2.53. The molecular weight excluding hydrogens is 283 g/mol. The summed E-state index contributed by atoms with van der Waals surface area (Å²) < 4.78 is 14.1. The molecule has 122 valence electrons. The van der Waals surface area contributed by atoms with Crippen LogP contribution >= 0.6 is 0 Å². The van der Waals surface area contributed by atoms with Crippen LogP contribution in [-0.2, 0) is 11.3 Å². The van der Waals surface area contributed by atoms with Gasteiger partial charge in [-0.25, -0.2) is 4.39 Å². The van der Waals surface area contributed by atoms with Crippen molar-refractivity contribution < 1.29 is 14.3 Å². The van der Waals surface area contributed by atoms with E-state index in [0.29, 0.717) is 24.8 Å². The Balaban J connectivity index is 1.98. The number of nitrogens with zero attached hydrogens (tertiary/aromatic N) is 1. The molecule has 0 heterocycles. The fourth-order valence-corrected chi connectivity index (χ4v) is 3.03. The lowest BCUT2D eigenvalue weighted by Gasteiger charge is -2.33. The second-order valence-corrected chi connectivity index (χ2v) is 6.01. The van der Waals surface area contributed by atoms with E-state index in [1.165, 1.54) is 25.3 Å². The predicted octanol–water partition coefficient (Wildman–Crippen LogP) is 3.16. The first-order valence-corrected chi connectivity index (χ1v) is 8.01. The van der Waals surface area contributed by atoms with E-state index < -0.39 is 5.97 Å². The maximum absolute atomic E-state index is 14.1. The molecule has 0 aliphatic heterocycles. The van der Waals surface area contributed by atoms with Crippen molar-refractivity contribution in [3.8, 4) is 0 Å². The van der Waals surface area contributed by atoms with Gasteiger partial charge in [-0.1, -0.05) is 25.3 Å². The Morgan fingerprint density at radius 1 is 1.36 bits per heavy atom. The molecule has 2 rings (SSSR count). The summed E-state index contributed by atoms with van der Waals surface area (Å²) in [6, 6.07) is 5.54. The van der Waals surface area contributed by atoms with Crippen molar-refractivity contribution in [2.75, 3.05) is 18.5 Å². The highest BCUT2D eigenvalue weighted by Gasteiger charge is 2.20. The number of anilines is 1. The molecule has 0 unspecified atom stereocenters. The van der Waals surface area contributed by atoms with Gasteiger partial charge in [0.05, 0.1) is 12.1 Å². The lowest BCUT2D eigenvalue weighted by molar-refractivity contribution is -0.136. The zero-order valence-electron chi connectivity index (χ0n) is 13.1. The predicted molar refractivity (Wildman–Crippen MR) is 85.6 cm³/mol. The Morgan fingerprint density at radius 2 is 2.09 bits per heavy atom. The van der Waals surface area contributed by atoms with Gasteiger partial charge in [0.15, 0.2) is 0 Å². The van der Waals surface area contributed by atoms with Crippen LogP contribution in [0.4, 0.5) is 10.1 Å². The molecule has 1 aromatic rings. The Hall–Kier alpha value is -1.62. The average molecular weight is 308 g/mol. The van der Waals surface area contributed by atoms with E-state index in [9.17, 15) is 9.18 Å². The zero-order chi connectivity index (χ0) is 15.9. The van der Waals surface area contributed by atoms with Crippen LogP contribution < -0.4 is 10.2 Å². The minimum atomic E-state index is -0.815. The Labute approximate surface area is 131 Å². The SMILES string of the molecule is CN(c1cc(CNCCC(=O)O)ccc1F)C1CCCCC1. The van der Waals surface area contributed by atoms with Gasteiger partial charge >= 0.3 is 5.97 Å². The first kappa shape index (κ1) is 16.7. The van der Waals surface area contributed by atoms with Crippen molar-refractivity contribution >= 4 is 11.7 Å². The number of carbonyl (C=O) groups is 1. The van der Waals surface area contributed by atoms with Gasteiger partial charge in [0.2, 0.25) is 0 Å². The van der Waals surface area contributed by atoms with E-state index in [1.54, 1.807) is 6.07 Å². The monoisotopic (exact) mass is 308 g/mol. The molecule has 0 aromatic heterocycles. The first-order valence-electron chi connectivity index (χ1n) is 8.01. The Bertz CT molecular complexity index is 501. The molecule has 0 saturated heterocycles. The summed E-state index contributed by atoms with van der Waals surface area (Å²) in [5.74, 6) is -1.01. The fourth-order valence-electron chi connectivity index (χ4n) is 3.03. The van der Waals surface area contributed by atoms with Crippen LogP contribution in [0.25, 0.3) is 0 Å². The minimum absolute atomic E-state index is 0.0933. The lowest BCUT2D eigenvalue weighted by Crippen LogP contribution is -2.34. The first-order chi connectivity index (χ1) is 10.6. The number of benzene rings is 1. The normalized spacial score (nSPS) is 15.7. The number of nitrogens with one attached hydrogen (secondary N) is 1. The van der Waals surface area contributed by atoms with Gasteiger partial charge in [-0.15, -0.1) is 0 Å². The molecule has 1 aliphatic carbocycles. The topological polar surface area (TPSA) is 52.6 Å². The summed E-state index contributed by atoms with van der Waals surface area (Å²) in [6.45, 7) is 0.972. The third kappa shape index (κ3) is 4.70. The van der Waals surface area contributed by atoms with Gasteiger partial charge in [-0.05, 0) is 30.5 Å². The van der Waals surface area contributed by atoms with Crippen LogP contribution in [-0.4, -0.2) is 30.7 Å². The summed E-state index contributed by atoms with van der Waals surface area (Å²) in [5, 5.41) is 11.7. The van der Waals surface area contributed by atoms with E-state index in [-0.39, 0.29) is 12.2 Å². The molecule has 2 N–H and O–H groups in total. The van der Waals surface area contributed by atoms with Gasteiger partial charge in [0.1, 0.15) is 5.82 Å². The largest absolute Gasteiger partial charge is 0.481 e. The van der Waals surface area contributed by atoms with Crippen LogP contribution in [0.5, 0.6) is 0 Å². The molecule has 0 bridgehead atoms. The van der Waals surface area contributed by atoms with E-state index >= 15 is 0 Å². The van der Waals surface area contributed by atoms with Crippen LogP contribution in [0.1, 0.15) is 44.1 Å². The molecule has 1 fully saturated rings. The number of hydrogen-bond donors (Lipinski definition) is 2. The molecule has 5 heteroatoms. The molecule has 0 spiro atoms. The summed E-state index contributed by atoms with van der Waals surface area (Å²) in [6.07, 6.45) is 6.05. The van der Waals surface area contributed by atoms with E-state index in [1.807, 2.05) is 13.1 Å². The second kappa shape index (κ2) is 8.13. The molecule has 4 nitrogen and oxygen atoms in total. The Kier molecular flexibility index (Phi) is 6.19. The highest BCUT2D eigenvalue weighted by atomic mass is 19.1. The van der Waals surface area contributed by atoms with Crippen LogP contribution in [0.2, 0.25) is 0 Å². The maximum atomic E-state index is 14.1. The van der Waals surface area contributed by atoms with Crippen LogP contribution in [0.3, 0.4) is 0 Å². The molecule has 1 aliphatic rings. The number of carboxylic acid groups (broad SMARTS) is 1. The van der Waals surface area contributed by atoms with Crippen LogP contribution in [0.15, 0.2) is 18.2 Å². The standard InChI is InChI=1S/C17H25FN2O2/c1-20(14-5-3-2-4-6-14)16-11-13(7-8-15(16)18)12-19-10-9-17(21)22/h7-8,11,14,19H,2-6,9-10,12H2,1H3,(H,21,22). The highest BCUT2D eigenvalue weighted by Crippen LogP contribution is 2.28. The maximum Gasteiger partial charge on any atom is 0.304 e. The van der Waals surface area contributed by atoms with Gasteiger partial charge < -0.3 is 15.3 Å². The third-order valence-corrected chi connectivity index (χ3v) is 4.36. The van der Waals surface area contributed by atoms with Crippen molar-refractivity contribution in [2.24, 2.45) is 0 Å². The molecular formula is C17H25FN2O2. The van der Waals surface area contributed by atoms with Crippen molar-refractivity contribution in [3.05, 3.63) is 29.6 Å². The summed E-state index contributed by atoms with van der Waals surface area (Å²) in [4.78, 5) is 12.5. The lowest BCUT2D eigenvalue weighted by atomic mass is 9.94. The molecule has 1 saturated carbocycles. The number of aliphatic carboxylic acids is 1. The quantitative estimate of drug-likeness (QED) is 0.760. The van der Waals surface area contributed by atoms with Gasteiger partial charge in [-0.2, -0.15) is 0 Å². The van der Waals surface area contributed by atoms with Crippen molar-refractivity contribution in [3.63, 3.8) is 0 Å². The van der Waals surface area contributed by atoms with Crippen molar-refractivity contribution in [1.29, 1.82) is 0 Å². The minimum Gasteiger partial charge on any atom is -0.481 e. The Morgan fingerprint density at radius 3 is 2.77 bits per heavy atom. The van der Waals surface area contributed by atoms with Gasteiger partial charge in [-0.3, -0.25) is 4.79 Å². The summed E-state index contributed by atoms with van der Waals surface area (Å²) >= 11 is 0. The number of rotatable bonds is 7. The smallest absolute Gasteiger partial charge is 0.304 e.